The summed E-state index contributed by atoms with van der Waals surface area (Å²) in [5, 5.41) is 0. The van der Waals surface area contributed by atoms with Crippen LogP contribution < -0.4 is 9.13 Å². The Hall–Kier alpha value is -4.04. The number of benzene rings is 3. The molecule has 1 spiro atoms. The van der Waals surface area contributed by atoms with E-state index in [1.807, 2.05) is 0 Å². The number of fused-ring (bicyclic) bond motifs is 9. The molecule has 5 aromatic rings. The molecule has 1 unspecified atom stereocenters. The van der Waals surface area contributed by atoms with Gasteiger partial charge in [0.2, 0.25) is 16.9 Å². The standard InChI is InChI=1S/C38H38N2/c1-4-7-15-28-24-25-39-36(26-28)32-19-12-14-21-34(32)38(37(39,5-2)6-3)33-20-13-11-18-31(33)35-23-22-30(27-40(35)38)29-16-9-8-10-17-29/h8-14,16-27H,4-7,15H2,1-3H3/q+2. The highest BCUT2D eigenvalue weighted by atomic mass is 15.2. The molecule has 0 saturated carbocycles. The highest BCUT2D eigenvalue weighted by molar-refractivity contribution is 5.75. The zero-order valence-corrected chi connectivity index (χ0v) is 23.9. The van der Waals surface area contributed by atoms with Crippen LogP contribution in [-0.4, -0.2) is 0 Å². The second-order valence-electron chi connectivity index (χ2n) is 11.5. The average molecular weight is 523 g/mol. The van der Waals surface area contributed by atoms with Crippen molar-refractivity contribution in [3.63, 3.8) is 0 Å². The van der Waals surface area contributed by atoms with Crippen molar-refractivity contribution in [1.82, 2.24) is 0 Å². The summed E-state index contributed by atoms with van der Waals surface area (Å²) in [7, 11) is 0. The summed E-state index contributed by atoms with van der Waals surface area (Å²) in [6, 6.07) is 38.7. The van der Waals surface area contributed by atoms with Gasteiger partial charge in [-0.05, 0) is 42.2 Å². The minimum Gasteiger partial charge on any atom is -0.185 e. The first-order valence-electron chi connectivity index (χ1n) is 15.1. The molecule has 0 radical (unpaired) electrons. The van der Waals surface area contributed by atoms with Crippen molar-refractivity contribution in [3.05, 3.63) is 132 Å². The predicted octanol–water partition coefficient (Wildman–Crippen LogP) is 8.24. The van der Waals surface area contributed by atoms with Crippen molar-refractivity contribution >= 4 is 0 Å². The normalized spacial score (nSPS) is 17.7. The van der Waals surface area contributed by atoms with Crippen LogP contribution >= 0.6 is 0 Å². The molecule has 198 valence electrons. The van der Waals surface area contributed by atoms with Gasteiger partial charge in [-0.1, -0.05) is 93.9 Å². The first-order chi connectivity index (χ1) is 19.7. The van der Waals surface area contributed by atoms with Gasteiger partial charge in [-0.2, -0.15) is 9.13 Å². The Balaban J connectivity index is 1.61. The van der Waals surface area contributed by atoms with Gasteiger partial charge >= 0.3 is 0 Å². The van der Waals surface area contributed by atoms with Crippen molar-refractivity contribution < 1.29 is 9.13 Å². The second-order valence-corrected chi connectivity index (χ2v) is 11.5. The monoisotopic (exact) mass is 522 g/mol. The summed E-state index contributed by atoms with van der Waals surface area (Å²) in [6.45, 7) is 7.06. The number of aryl methyl sites for hydroxylation is 1. The number of unbranched alkanes of at least 4 members (excludes halogenated alkanes) is 1. The molecule has 0 bridgehead atoms. The Morgan fingerprint density at radius 3 is 1.93 bits per heavy atom. The lowest BCUT2D eigenvalue weighted by atomic mass is 9.61. The van der Waals surface area contributed by atoms with Gasteiger partial charge in [0.05, 0.1) is 11.1 Å². The highest BCUT2D eigenvalue weighted by Gasteiger charge is 2.73. The maximum Gasteiger partial charge on any atom is 0.284 e. The average Bonchev–Trinajstić information content (AvgIpc) is 3.32. The first kappa shape index (κ1) is 25.0. The lowest BCUT2D eigenvalue weighted by molar-refractivity contribution is -0.856. The van der Waals surface area contributed by atoms with E-state index in [0.29, 0.717) is 0 Å². The molecule has 7 rings (SSSR count). The van der Waals surface area contributed by atoms with Crippen molar-refractivity contribution in [1.29, 1.82) is 0 Å². The van der Waals surface area contributed by atoms with E-state index in [0.717, 1.165) is 19.3 Å². The van der Waals surface area contributed by atoms with E-state index in [2.05, 4.69) is 145 Å². The number of hydrogen-bond acceptors (Lipinski definition) is 0. The molecule has 0 amide bonds. The molecule has 2 heteroatoms. The molecule has 0 saturated heterocycles. The van der Waals surface area contributed by atoms with Crippen LogP contribution in [0.15, 0.2) is 116 Å². The topological polar surface area (TPSA) is 7.76 Å². The first-order valence-corrected chi connectivity index (χ1v) is 15.1. The number of pyridine rings is 2. The lowest BCUT2D eigenvalue weighted by Gasteiger charge is -2.44. The van der Waals surface area contributed by atoms with E-state index in [1.54, 1.807) is 0 Å². The Kier molecular flexibility index (Phi) is 5.96. The fraction of sp³-hybridized carbons (Fsp3) is 0.263. The quantitative estimate of drug-likeness (QED) is 0.198. The zero-order chi connectivity index (χ0) is 27.3. The third kappa shape index (κ3) is 3.22. The summed E-state index contributed by atoms with van der Waals surface area (Å²) in [4.78, 5) is 0. The van der Waals surface area contributed by atoms with Gasteiger partial charge in [0.1, 0.15) is 0 Å². The molecule has 0 aliphatic carbocycles. The molecule has 0 fully saturated rings. The zero-order valence-electron chi connectivity index (χ0n) is 23.9. The molecule has 3 aromatic carbocycles. The highest BCUT2D eigenvalue weighted by Crippen LogP contribution is 2.56. The largest absolute Gasteiger partial charge is 0.284 e. The van der Waals surface area contributed by atoms with E-state index in [-0.39, 0.29) is 11.1 Å². The van der Waals surface area contributed by atoms with E-state index in [1.165, 1.54) is 63.2 Å². The SMILES string of the molecule is CCCCc1cc[n+]2c(c1)-c1ccccc1C1(c3ccccc3-c3ccc(-c4ccccc4)c[n+]31)C2(CC)CC. The Morgan fingerprint density at radius 1 is 0.600 bits per heavy atom. The van der Waals surface area contributed by atoms with Crippen molar-refractivity contribution in [2.75, 3.05) is 0 Å². The molecule has 4 heterocycles. The van der Waals surface area contributed by atoms with E-state index in [9.17, 15) is 0 Å². The van der Waals surface area contributed by atoms with Gasteiger partial charge in [0, 0.05) is 47.7 Å². The molecular formula is C38H38N2+2. The smallest absolute Gasteiger partial charge is 0.185 e. The van der Waals surface area contributed by atoms with Gasteiger partial charge < -0.3 is 0 Å². The fourth-order valence-corrected chi connectivity index (χ4v) is 7.91. The third-order valence-corrected chi connectivity index (χ3v) is 9.75. The van der Waals surface area contributed by atoms with Gasteiger partial charge in [-0.15, -0.1) is 0 Å². The molecule has 2 aromatic heterocycles. The molecule has 2 aliphatic rings. The van der Waals surface area contributed by atoms with Crippen LogP contribution in [-0.2, 0) is 17.5 Å². The number of nitrogens with zero attached hydrogens (tertiary/aromatic N) is 2. The van der Waals surface area contributed by atoms with Gasteiger partial charge in [0.15, 0.2) is 12.4 Å². The summed E-state index contributed by atoms with van der Waals surface area (Å²) in [5.41, 5.74) is 11.5. The van der Waals surface area contributed by atoms with Crippen LogP contribution in [0.5, 0.6) is 0 Å². The van der Waals surface area contributed by atoms with Crippen LogP contribution in [0.3, 0.4) is 0 Å². The lowest BCUT2D eigenvalue weighted by Crippen LogP contribution is -2.78. The molecule has 40 heavy (non-hydrogen) atoms. The second kappa shape index (κ2) is 9.55. The summed E-state index contributed by atoms with van der Waals surface area (Å²) in [5.74, 6) is 0. The van der Waals surface area contributed by atoms with Crippen LogP contribution in [0.2, 0.25) is 0 Å². The minimum atomic E-state index is -0.383. The van der Waals surface area contributed by atoms with Gasteiger partial charge in [0.25, 0.3) is 5.54 Å². The van der Waals surface area contributed by atoms with Crippen molar-refractivity contribution in [3.8, 4) is 33.6 Å². The Labute approximate surface area is 238 Å². The molecular weight excluding hydrogens is 484 g/mol. The van der Waals surface area contributed by atoms with Crippen molar-refractivity contribution in [2.24, 2.45) is 0 Å². The number of hydrogen-bond donors (Lipinski definition) is 0. The number of rotatable bonds is 6. The summed E-state index contributed by atoms with van der Waals surface area (Å²) >= 11 is 0. The van der Waals surface area contributed by atoms with Crippen LogP contribution in [0, 0.1) is 0 Å². The predicted molar refractivity (Wildman–Crippen MR) is 163 cm³/mol. The maximum atomic E-state index is 2.65. The summed E-state index contributed by atoms with van der Waals surface area (Å²) in [6.07, 6.45) is 10.4. The van der Waals surface area contributed by atoms with E-state index < -0.39 is 0 Å². The molecule has 0 N–H and O–H groups in total. The molecule has 2 nitrogen and oxygen atoms in total. The molecule has 2 aliphatic heterocycles. The van der Waals surface area contributed by atoms with Crippen LogP contribution in [0.25, 0.3) is 33.6 Å². The van der Waals surface area contributed by atoms with Crippen molar-refractivity contribution in [2.45, 2.75) is 64.0 Å². The Morgan fingerprint density at radius 2 is 1.25 bits per heavy atom. The summed E-state index contributed by atoms with van der Waals surface area (Å²) < 4.78 is 5.30. The van der Waals surface area contributed by atoms with E-state index in [4.69, 9.17) is 0 Å². The third-order valence-electron chi connectivity index (χ3n) is 9.75. The van der Waals surface area contributed by atoms with Crippen LogP contribution in [0.4, 0.5) is 0 Å². The van der Waals surface area contributed by atoms with Crippen LogP contribution in [0.1, 0.15) is 63.1 Å². The van der Waals surface area contributed by atoms with E-state index >= 15 is 0 Å². The van der Waals surface area contributed by atoms with Gasteiger partial charge in [-0.25, -0.2) is 0 Å². The maximum absolute atomic E-state index is 2.65. The van der Waals surface area contributed by atoms with Gasteiger partial charge in [-0.3, -0.25) is 0 Å². The number of aromatic nitrogens is 2. The minimum absolute atomic E-state index is 0.193. The fourth-order valence-electron chi connectivity index (χ4n) is 7.91. The molecule has 1 atom stereocenters. The Bertz CT molecular complexity index is 1710.